The Labute approximate surface area is 144 Å². The SMILES string of the molecule is CC1(C)CC(Cn2cc(C=C(F)B3OC(C)(C)C(C)(C)O3)cn2)C1. The summed E-state index contributed by atoms with van der Waals surface area (Å²) in [6.07, 6.45) is 7.47. The van der Waals surface area contributed by atoms with Crippen molar-refractivity contribution in [2.45, 2.75) is 72.1 Å². The van der Waals surface area contributed by atoms with Crippen LogP contribution >= 0.6 is 0 Å². The molecule has 0 N–H and O–H groups in total. The van der Waals surface area contributed by atoms with Crippen molar-refractivity contribution in [3.63, 3.8) is 0 Å². The van der Waals surface area contributed by atoms with E-state index in [0.717, 1.165) is 12.1 Å². The highest BCUT2D eigenvalue weighted by atomic mass is 19.1. The van der Waals surface area contributed by atoms with Crippen LogP contribution in [0.2, 0.25) is 0 Å². The second-order valence-corrected chi connectivity index (χ2v) is 9.05. The summed E-state index contributed by atoms with van der Waals surface area (Å²) in [7, 11) is -0.953. The molecule has 2 fully saturated rings. The molecule has 1 aliphatic carbocycles. The van der Waals surface area contributed by atoms with E-state index in [2.05, 4.69) is 18.9 Å². The van der Waals surface area contributed by atoms with Crippen molar-refractivity contribution in [2.75, 3.05) is 0 Å². The Morgan fingerprint density at radius 2 is 1.83 bits per heavy atom. The normalized spacial score (nSPS) is 25.8. The summed E-state index contributed by atoms with van der Waals surface area (Å²) >= 11 is 0. The minimum atomic E-state index is -0.953. The van der Waals surface area contributed by atoms with Crippen molar-refractivity contribution in [3.05, 3.63) is 23.7 Å². The van der Waals surface area contributed by atoms with Gasteiger partial charge in [-0.15, -0.1) is 0 Å². The van der Waals surface area contributed by atoms with Gasteiger partial charge in [0.05, 0.1) is 17.4 Å². The molecule has 1 aromatic heterocycles. The Morgan fingerprint density at radius 1 is 1.25 bits per heavy atom. The summed E-state index contributed by atoms with van der Waals surface area (Å²) < 4.78 is 27.9. The minimum absolute atomic E-state index is 0.419. The molecule has 2 aliphatic rings. The van der Waals surface area contributed by atoms with Crippen LogP contribution in [0.3, 0.4) is 0 Å². The minimum Gasteiger partial charge on any atom is -0.398 e. The maximum Gasteiger partial charge on any atom is 0.525 e. The third-order valence-corrected chi connectivity index (χ3v) is 5.56. The van der Waals surface area contributed by atoms with Gasteiger partial charge >= 0.3 is 7.12 Å². The predicted molar refractivity (Wildman–Crippen MR) is 93.9 cm³/mol. The molecule has 4 nitrogen and oxygen atoms in total. The van der Waals surface area contributed by atoms with Gasteiger partial charge in [0.2, 0.25) is 0 Å². The maximum absolute atomic E-state index is 14.5. The lowest BCUT2D eigenvalue weighted by Crippen LogP contribution is -2.41. The van der Waals surface area contributed by atoms with Crippen molar-refractivity contribution < 1.29 is 13.7 Å². The third-order valence-electron chi connectivity index (χ3n) is 5.56. The molecule has 0 amide bonds. The highest BCUT2D eigenvalue weighted by Crippen LogP contribution is 2.45. The van der Waals surface area contributed by atoms with Crippen LogP contribution < -0.4 is 0 Å². The molecule has 24 heavy (non-hydrogen) atoms. The second kappa shape index (κ2) is 5.70. The molecular weight excluding hydrogens is 306 g/mol. The van der Waals surface area contributed by atoms with Gasteiger partial charge in [-0.3, -0.25) is 4.68 Å². The van der Waals surface area contributed by atoms with Crippen LogP contribution in [0.5, 0.6) is 0 Å². The fraction of sp³-hybridized carbons (Fsp3) is 0.722. The van der Waals surface area contributed by atoms with Gasteiger partial charge in [0.15, 0.2) is 0 Å². The summed E-state index contributed by atoms with van der Waals surface area (Å²) in [5.74, 6) is 0.671. The highest BCUT2D eigenvalue weighted by molar-refractivity contribution is 6.54. The molecule has 2 heterocycles. The lowest BCUT2D eigenvalue weighted by Gasteiger charge is -2.42. The van der Waals surface area contributed by atoms with Gasteiger partial charge in [-0.2, -0.15) is 5.10 Å². The van der Waals surface area contributed by atoms with E-state index in [1.165, 1.54) is 18.9 Å². The number of aromatic nitrogens is 2. The van der Waals surface area contributed by atoms with Gasteiger partial charge in [0.25, 0.3) is 0 Å². The van der Waals surface area contributed by atoms with E-state index in [0.29, 0.717) is 11.3 Å². The fourth-order valence-corrected chi connectivity index (χ4v) is 3.63. The molecule has 0 radical (unpaired) electrons. The second-order valence-electron chi connectivity index (χ2n) is 9.05. The molecule has 0 spiro atoms. The van der Waals surface area contributed by atoms with Crippen molar-refractivity contribution in [3.8, 4) is 0 Å². The Hall–Kier alpha value is -1.14. The molecular formula is C18H28BFN2O2. The zero-order valence-corrected chi connectivity index (χ0v) is 15.6. The monoisotopic (exact) mass is 334 g/mol. The number of rotatable bonds is 4. The molecule has 1 aliphatic heterocycles. The molecule has 0 aromatic carbocycles. The van der Waals surface area contributed by atoms with Gasteiger partial charge in [0, 0.05) is 18.3 Å². The molecule has 6 heteroatoms. The average molecular weight is 334 g/mol. The number of hydrogen-bond acceptors (Lipinski definition) is 3. The first-order valence-corrected chi connectivity index (χ1v) is 8.73. The van der Waals surface area contributed by atoms with Gasteiger partial charge in [0.1, 0.15) is 5.73 Å². The lowest BCUT2D eigenvalue weighted by molar-refractivity contribution is 0.00578. The van der Waals surface area contributed by atoms with E-state index in [-0.39, 0.29) is 0 Å². The summed E-state index contributed by atoms with van der Waals surface area (Å²) in [6, 6.07) is 0. The van der Waals surface area contributed by atoms with Crippen LogP contribution in [-0.4, -0.2) is 28.1 Å². The van der Waals surface area contributed by atoms with Crippen molar-refractivity contribution in [2.24, 2.45) is 11.3 Å². The fourth-order valence-electron chi connectivity index (χ4n) is 3.63. The topological polar surface area (TPSA) is 36.3 Å². The summed E-state index contributed by atoms with van der Waals surface area (Å²) in [5.41, 5.74) is -0.295. The van der Waals surface area contributed by atoms with E-state index < -0.39 is 24.0 Å². The molecule has 132 valence electrons. The summed E-state index contributed by atoms with van der Waals surface area (Å²) in [5, 5.41) is 4.35. The number of nitrogens with zero attached hydrogens (tertiary/aromatic N) is 2. The van der Waals surface area contributed by atoms with Crippen LogP contribution in [0.25, 0.3) is 6.08 Å². The quantitative estimate of drug-likeness (QED) is 0.772. The Balaban J connectivity index is 1.63. The first-order chi connectivity index (χ1) is 11.0. The van der Waals surface area contributed by atoms with Crippen LogP contribution in [-0.2, 0) is 15.9 Å². The molecule has 0 atom stereocenters. The Kier molecular flexibility index (Phi) is 4.20. The van der Waals surface area contributed by atoms with E-state index >= 15 is 0 Å². The lowest BCUT2D eigenvalue weighted by atomic mass is 9.64. The largest absolute Gasteiger partial charge is 0.525 e. The average Bonchev–Trinajstić information content (AvgIpc) is 2.90. The third kappa shape index (κ3) is 3.45. The van der Waals surface area contributed by atoms with E-state index in [4.69, 9.17) is 9.31 Å². The standard InChI is InChI=1S/C18H28BFN2O2/c1-16(2)8-14(9-16)12-22-11-13(10-21-22)7-15(20)19-23-17(3,4)18(5,6)24-19/h7,10-11,14H,8-9,12H2,1-6H3. The number of halogens is 1. The molecule has 0 unspecified atom stereocenters. The van der Waals surface area contributed by atoms with Crippen LogP contribution in [0.1, 0.15) is 59.9 Å². The Bertz CT molecular complexity index is 627. The van der Waals surface area contributed by atoms with Gasteiger partial charge in [-0.05, 0) is 57.9 Å². The molecule has 1 aromatic rings. The van der Waals surface area contributed by atoms with Crippen LogP contribution in [0.15, 0.2) is 18.1 Å². The zero-order chi connectivity index (χ0) is 17.8. The van der Waals surface area contributed by atoms with E-state index in [1.807, 2.05) is 38.6 Å². The molecule has 1 saturated heterocycles. The van der Waals surface area contributed by atoms with Crippen LogP contribution in [0, 0.1) is 11.3 Å². The van der Waals surface area contributed by atoms with E-state index in [9.17, 15) is 4.39 Å². The van der Waals surface area contributed by atoms with Gasteiger partial charge < -0.3 is 9.31 Å². The van der Waals surface area contributed by atoms with Crippen molar-refractivity contribution in [1.82, 2.24) is 9.78 Å². The highest BCUT2D eigenvalue weighted by Gasteiger charge is 2.53. The van der Waals surface area contributed by atoms with Crippen LogP contribution in [0.4, 0.5) is 4.39 Å². The van der Waals surface area contributed by atoms with Gasteiger partial charge in [-0.25, -0.2) is 4.39 Å². The zero-order valence-electron chi connectivity index (χ0n) is 15.6. The molecule has 0 bridgehead atoms. The van der Waals surface area contributed by atoms with Crippen molar-refractivity contribution in [1.29, 1.82) is 0 Å². The molecule has 1 saturated carbocycles. The first kappa shape index (κ1) is 17.7. The smallest absolute Gasteiger partial charge is 0.398 e. The summed E-state index contributed by atoms with van der Waals surface area (Å²) in [4.78, 5) is 0. The maximum atomic E-state index is 14.5. The first-order valence-electron chi connectivity index (χ1n) is 8.73. The Morgan fingerprint density at radius 3 is 2.38 bits per heavy atom. The van der Waals surface area contributed by atoms with E-state index in [1.54, 1.807) is 6.20 Å². The summed E-state index contributed by atoms with van der Waals surface area (Å²) in [6.45, 7) is 13.1. The van der Waals surface area contributed by atoms with Gasteiger partial charge in [-0.1, -0.05) is 13.8 Å². The van der Waals surface area contributed by atoms with Crippen molar-refractivity contribution >= 4 is 13.2 Å². The number of hydrogen-bond donors (Lipinski definition) is 0. The predicted octanol–water partition coefficient (Wildman–Crippen LogP) is 4.26. The molecule has 3 rings (SSSR count).